The summed E-state index contributed by atoms with van der Waals surface area (Å²) in [5, 5.41) is 2.83. The second-order valence-electron chi connectivity index (χ2n) is 7.29. The molecule has 4 rings (SSSR count). The number of nitrogens with one attached hydrogen (secondary N) is 1. The molecule has 0 aliphatic carbocycles. The summed E-state index contributed by atoms with van der Waals surface area (Å²) in [4.78, 5) is 50.9. The molecule has 3 amide bonds. The fourth-order valence-electron chi connectivity index (χ4n) is 4.11. The summed E-state index contributed by atoms with van der Waals surface area (Å²) in [7, 11) is 0. The first-order chi connectivity index (χ1) is 13.0. The molecule has 2 saturated heterocycles. The van der Waals surface area contributed by atoms with E-state index < -0.39 is 11.9 Å². The first-order valence-corrected chi connectivity index (χ1v) is 9.53. The van der Waals surface area contributed by atoms with E-state index >= 15 is 0 Å². The number of carbonyl (C=O) groups excluding carboxylic acids is 4. The first kappa shape index (κ1) is 18.0. The predicted octanol–water partition coefficient (Wildman–Crippen LogP) is 1.52. The summed E-state index contributed by atoms with van der Waals surface area (Å²) in [5.74, 6) is -0.870. The number of piperidine rings is 2. The first-order valence-electron chi connectivity index (χ1n) is 9.16. The van der Waals surface area contributed by atoms with Gasteiger partial charge < -0.3 is 14.6 Å². The molecular weight excluding hydrogens is 370 g/mol. The average Bonchev–Trinajstić information content (AvgIpc) is 3.00. The van der Waals surface area contributed by atoms with Crippen molar-refractivity contribution < 1.29 is 19.2 Å². The Morgan fingerprint density at radius 2 is 1.85 bits per heavy atom. The lowest BCUT2D eigenvalue weighted by Gasteiger charge is -2.32. The number of fused-ring (bicyclic) bond motifs is 1. The van der Waals surface area contributed by atoms with Crippen LogP contribution in [0.2, 0.25) is 5.02 Å². The molecule has 3 aliphatic heterocycles. The highest BCUT2D eigenvalue weighted by Crippen LogP contribution is 2.39. The number of benzene rings is 1. The lowest BCUT2D eigenvalue weighted by atomic mass is 9.97. The van der Waals surface area contributed by atoms with Crippen LogP contribution in [0.4, 0.5) is 5.69 Å². The number of carbonyl (C=O) groups is 4. The van der Waals surface area contributed by atoms with Gasteiger partial charge >= 0.3 is 0 Å². The second-order valence-corrected chi connectivity index (χ2v) is 7.66. The number of rotatable bonds is 3. The van der Waals surface area contributed by atoms with Crippen molar-refractivity contribution in [1.29, 1.82) is 0 Å². The highest BCUT2D eigenvalue weighted by molar-refractivity contribution is 6.35. The van der Waals surface area contributed by atoms with Gasteiger partial charge in [-0.15, -0.1) is 0 Å². The molecule has 2 fully saturated rings. The number of hydrogen-bond acceptors (Lipinski definition) is 5. The van der Waals surface area contributed by atoms with E-state index in [2.05, 4.69) is 10.2 Å². The molecule has 0 spiro atoms. The number of aldehydes is 1. The summed E-state index contributed by atoms with van der Waals surface area (Å²) in [6.07, 6.45) is 3.14. The Balaban J connectivity index is 1.57. The summed E-state index contributed by atoms with van der Waals surface area (Å²) >= 11 is 6.64. The summed E-state index contributed by atoms with van der Waals surface area (Å²) in [5.41, 5.74) is 2.09. The number of amides is 3. The van der Waals surface area contributed by atoms with E-state index in [9.17, 15) is 19.2 Å². The zero-order chi connectivity index (χ0) is 19.1. The second kappa shape index (κ2) is 6.96. The van der Waals surface area contributed by atoms with Gasteiger partial charge in [-0.25, -0.2) is 0 Å². The molecule has 1 atom stereocenters. The summed E-state index contributed by atoms with van der Waals surface area (Å²) < 4.78 is 0. The SMILES string of the molecule is O=CC1CCN(c2ccc3c(c2Cl)CN(C2CCC(=O)NC2=O)C3=O)CC1. The molecule has 8 heteroatoms. The van der Waals surface area contributed by atoms with Crippen LogP contribution < -0.4 is 10.2 Å². The van der Waals surface area contributed by atoms with Gasteiger partial charge in [0.15, 0.2) is 0 Å². The summed E-state index contributed by atoms with van der Waals surface area (Å²) in [6, 6.07) is 2.95. The molecule has 1 N–H and O–H groups in total. The molecule has 0 aromatic heterocycles. The van der Waals surface area contributed by atoms with Gasteiger partial charge in [-0.1, -0.05) is 11.6 Å². The third-order valence-corrected chi connectivity index (χ3v) is 6.12. The van der Waals surface area contributed by atoms with Crippen LogP contribution in [0.1, 0.15) is 41.6 Å². The molecule has 1 aromatic carbocycles. The van der Waals surface area contributed by atoms with Crippen molar-refractivity contribution in [3.63, 3.8) is 0 Å². The number of imide groups is 1. The molecule has 3 aliphatic rings. The van der Waals surface area contributed by atoms with Gasteiger partial charge in [0.05, 0.1) is 10.7 Å². The van der Waals surface area contributed by atoms with Gasteiger partial charge in [0, 0.05) is 43.1 Å². The smallest absolute Gasteiger partial charge is 0.255 e. The zero-order valence-electron chi connectivity index (χ0n) is 14.7. The van der Waals surface area contributed by atoms with E-state index in [1.807, 2.05) is 6.07 Å². The standard InChI is InChI=1S/C19H20ClN3O4/c20-17-13-9-23(15-3-4-16(25)21-18(15)26)19(27)12(13)1-2-14(17)22-7-5-11(10-24)6-8-22/h1-2,10-11,15H,3-9H2,(H,21,25,26). The van der Waals surface area contributed by atoms with Gasteiger partial charge in [0.25, 0.3) is 5.91 Å². The molecule has 27 heavy (non-hydrogen) atoms. The maximum Gasteiger partial charge on any atom is 0.255 e. The molecule has 0 saturated carbocycles. The summed E-state index contributed by atoms with van der Waals surface area (Å²) in [6.45, 7) is 1.75. The third kappa shape index (κ3) is 3.10. The van der Waals surface area contributed by atoms with Gasteiger partial charge in [0.1, 0.15) is 12.3 Å². The molecule has 1 aromatic rings. The Morgan fingerprint density at radius 1 is 1.11 bits per heavy atom. The number of nitrogens with zero attached hydrogens (tertiary/aromatic N) is 2. The fourth-order valence-corrected chi connectivity index (χ4v) is 4.46. The molecule has 0 bridgehead atoms. The van der Waals surface area contributed by atoms with E-state index in [0.717, 1.165) is 43.5 Å². The molecule has 0 radical (unpaired) electrons. The molecule has 7 nitrogen and oxygen atoms in total. The Bertz CT molecular complexity index is 832. The van der Waals surface area contributed by atoms with Gasteiger partial charge in [-0.05, 0) is 31.4 Å². The van der Waals surface area contributed by atoms with E-state index in [0.29, 0.717) is 17.0 Å². The monoisotopic (exact) mass is 389 g/mol. The van der Waals surface area contributed by atoms with Crippen LogP contribution in [-0.4, -0.2) is 48.0 Å². The van der Waals surface area contributed by atoms with Crippen molar-refractivity contribution in [2.75, 3.05) is 18.0 Å². The van der Waals surface area contributed by atoms with E-state index in [4.69, 9.17) is 11.6 Å². The van der Waals surface area contributed by atoms with Crippen LogP contribution in [0.3, 0.4) is 0 Å². The van der Waals surface area contributed by atoms with Gasteiger partial charge in [0.2, 0.25) is 11.8 Å². The molecular formula is C19H20ClN3O4. The maximum atomic E-state index is 12.8. The number of anilines is 1. The molecule has 3 heterocycles. The van der Waals surface area contributed by atoms with Crippen LogP contribution in [-0.2, 0) is 20.9 Å². The van der Waals surface area contributed by atoms with Crippen LogP contribution in [0, 0.1) is 5.92 Å². The van der Waals surface area contributed by atoms with E-state index in [1.165, 1.54) is 4.90 Å². The van der Waals surface area contributed by atoms with Gasteiger partial charge in [-0.3, -0.25) is 19.7 Å². The lowest BCUT2D eigenvalue weighted by molar-refractivity contribution is -0.136. The average molecular weight is 390 g/mol. The minimum atomic E-state index is -0.648. The van der Waals surface area contributed by atoms with Crippen LogP contribution in [0.5, 0.6) is 0 Å². The van der Waals surface area contributed by atoms with E-state index in [-0.39, 0.29) is 30.7 Å². The fraction of sp³-hybridized carbons (Fsp3) is 0.474. The van der Waals surface area contributed by atoms with Crippen molar-refractivity contribution in [2.24, 2.45) is 5.92 Å². The Labute approximate surface area is 161 Å². The maximum absolute atomic E-state index is 12.8. The Morgan fingerprint density at radius 3 is 2.52 bits per heavy atom. The van der Waals surface area contributed by atoms with Crippen LogP contribution in [0.15, 0.2) is 12.1 Å². The Hall–Kier alpha value is -2.41. The number of halogens is 1. The molecule has 142 valence electrons. The lowest BCUT2D eigenvalue weighted by Crippen LogP contribution is -2.52. The number of hydrogen-bond donors (Lipinski definition) is 1. The zero-order valence-corrected chi connectivity index (χ0v) is 15.5. The minimum absolute atomic E-state index is 0.0963. The largest absolute Gasteiger partial charge is 0.370 e. The minimum Gasteiger partial charge on any atom is -0.370 e. The Kier molecular flexibility index (Phi) is 4.63. The predicted molar refractivity (Wildman–Crippen MR) is 98.5 cm³/mol. The van der Waals surface area contributed by atoms with Crippen molar-refractivity contribution in [3.05, 3.63) is 28.3 Å². The normalized spacial score (nSPS) is 23.4. The van der Waals surface area contributed by atoms with Crippen molar-refractivity contribution in [2.45, 2.75) is 38.3 Å². The molecule has 1 unspecified atom stereocenters. The highest BCUT2D eigenvalue weighted by atomic mass is 35.5. The van der Waals surface area contributed by atoms with Crippen molar-refractivity contribution in [3.8, 4) is 0 Å². The topological polar surface area (TPSA) is 86.8 Å². The van der Waals surface area contributed by atoms with Crippen molar-refractivity contribution >= 4 is 41.3 Å². The quantitative estimate of drug-likeness (QED) is 0.625. The van der Waals surface area contributed by atoms with E-state index in [1.54, 1.807) is 6.07 Å². The van der Waals surface area contributed by atoms with Crippen molar-refractivity contribution in [1.82, 2.24) is 10.2 Å². The highest BCUT2D eigenvalue weighted by Gasteiger charge is 2.40. The van der Waals surface area contributed by atoms with Crippen LogP contribution >= 0.6 is 11.6 Å². The third-order valence-electron chi connectivity index (χ3n) is 5.70. The van der Waals surface area contributed by atoms with Crippen LogP contribution in [0.25, 0.3) is 0 Å². The van der Waals surface area contributed by atoms with Gasteiger partial charge in [-0.2, -0.15) is 0 Å².